The number of pyridine rings is 1. The summed E-state index contributed by atoms with van der Waals surface area (Å²) in [6.45, 7) is 1.71. The van der Waals surface area contributed by atoms with E-state index in [4.69, 9.17) is 17.3 Å². The maximum absolute atomic E-state index is 15.2. The van der Waals surface area contributed by atoms with Crippen LogP contribution in [0.25, 0.3) is 22.3 Å². The normalized spacial score (nSPS) is 17.8. The molecule has 4 aromatic rings. The van der Waals surface area contributed by atoms with Gasteiger partial charge in [0.15, 0.2) is 17.5 Å². The fourth-order valence-electron chi connectivity index (χ4n) is 4.56. The number of nitrogens with zero attached hydrogens (tertiary/aromatic N) is 3. The molecule has 1 aliphatic carbocycles. The van der Waals surface area contributed by atoms with E-state index in [9.17, 15) is 8.42 Å². The predicted octanol–water partition coefficient (Wildman–Crippen LogP) is 5.55. The Bertz CT molecular complexity index is 1680. The Hall–Kier alpha value is -3.48. The van der Waals surface area contributed by atoms with Crippen LogP contribution in [0.3, 0.4) is 0 Å². The van der Waals surface area contributed by atoms with Gasteiger partial charge in [0.1, 0.15) is 16.1 Å². The van der Waals surface area contributed by atoms with Gasteiger partial charge in [-0.1, -0.05) is 23.7 Å². The fourth-order valence-corrected chi connectivity index (χ4v) is 6.15. The van der Waals surface area contributed by atoms with Gasteiger partial charge >= 0.3 is 0 Å². The summed E-state index contributed by atoms with van der Waals surface area (Å²) >= 11 is 5.91. The van der Waals surface area contributed by atoms with Gasteiger partial charge in [-0.3, -0.25) is 4.72 Å². The summed E-state index contributed by atoms with van der Waals surface area (Å²) in [6.07, 6.45) is 5.08. The van der Waals surface area contributed by atoms with Crippen molar-refractivity contribution in [2.45, 2.75) is 49.6 Å². The van der Waals surface area contributed by atoms with E-state index < -0.39 is 43.6 Å². The zero-order chi connectivity index (χ0) is 27.9. The summed E-state index contributed by atoms with van der Waals surface area (Å²) < 4.78 is 72.3. The van der Waals surface area contributed by atoms with Crippen molar-refractivity contribution in [1.82, 2.24) is 15.0 Å². The van der Waals surface area contributed by atoms with Gasteiger partial charge in [-0.25, -0.2) is 36.5 Å². The molecular formula is C26H24ClF3N6O2S. The van der Waals surface area contributed by atoms with Crippen molar-refractivity contribution in [2.24, 2.45) is 5.73 Å². The summed E-state index contributed by atoms with van der Waals surface area (Å²) in [5, 5.41) is 3.14. The van der Waals surface area contributed by atoms with E-state index in [-0.39, 0.29) is 22.8 Å². The van der Waals surface area contributed by atoms with Crippen LogP contribution >= 0.6 is 11.6 Å². The van der Waals surface area contributed by atoms with Crippen molar-refractivity contribution in [3.05, 3.63) is 70.6 Å². The van der Waals surface area contributed by atoms with E-state index in [1.54, 1.807) is 11.6 Å². The summed E-state index contributed by atoms with van der Waals surface area (Å²) in [5.74, 6) is -4.11. The first-order valence-electron chi connectivity index (χ1n) is 12.1. The average Bonchev–Trinajstić information content (AvgIpc) is 2.90. The summed E-state index contributed by atoms with van der Waals surface area (Å²) in [7, 11) is -4.51. The number of aromatic nitrogens is 3. The SMILES string of the molecule is Cc1cc(-c2cc(F)c(NS(=O)(=O)c3ccccc3Cl)c(F)c2F)nc2cnc(N[C@H]3CC[C@H](N)CC3)nc12. The van der Waals surface area contributed by atoms with Gasteiger partial charge < -0.3 is 11.1 Å². The van der Waals surface area contributed by atoms with Gasteiger partial charge in [-0.05, 0) is 62.4 Å². The number of anilines is 2. The molecule has 1 aliphatic rings. The van der Waals surface area contributed by atoms with E-state index in [1.165, 1.54) is 30.5 Å². The molecule has 0 atom stereocenters. The molecule has 2 aromatic carbocycles. The molecule has 0 aliphatic heterocycles. The van der Waals surface area contributed by atoms with Crippen molar-refractivity contribution in [3.63, 3.8) is 0 Å². The molecule has 4 N–H and O–H groups in total. The lowest BCUT2D eigenvalue weighted by Crippen LogP contribution is -2.33. The van der Waals surface area contributed by atoms with Crippen LogP contribution in [0.5, 0.6) is 0 Å². The Morgan fingerprint density at radius 2 is 1.74 bits per heavy atom. The highest BCUT2D eigenvalue weighted by Crippen LogP contribution is 2.34. The summed E-state index contributed by atoms with van der Waals surface area (Å²) in [4.78, 5) is 12.7. The minimum Gasteiger partial charge on any atom is -0.351 e. The highest BCUT2D eigenvalue weighted by Gasteiger charge is 2.27. The molecule has 1 fully saturated rings. The van der Waals surface area contributed by atoms with Gasteiger partial charge in [0.2, 0.25) is 5.95 Å². The van der Waals surface area contributed by atoms with Crippen LogP contribution in [0.1, 0.15) is 31.2 Å². The van der Waals surface area contributed by atoms with Crippen LogP contribution < -0.4 is 15.8 Å². The standard InChI is InChI=1S/C26H24ClF3N6O2S/c1-13-10-19(34-20-12-32-26(35-24(13)20)33-15-8-6-14(31)7-9-15)16-11-18(28)25(23(30)22(16)29)36-39(37,38)21-5-3-2-4-17(21)27/h2-5,10-12,14-15,36H,6-9,31H2,1H3,(H,32,33,35)/t14-,15-. The zero-order valence-corrected chi connectivity index (χ0v) is 22.3. The van der Waals surface area contributed by atoms with Crippen LogP contribution in [0.4, 0.5) is 24.8 Å². The van der Waals surface area contributed by atoms with Gasteiger partial charge in [0, 0.05) is 17.6 Å². The van der Waals surface area contributed by atoms with Crippen molar-refractivity contribution in [3.8, 4) is 11.3 Å². The topological polar surface area (TPSA) is 123 Å². The molecule has 0 amide bonds. The van der Waals surface area contributed by atoms with Crippen molar-refractivity contribution >= 4 is 44.3 Å². The third-order valence-electron chi connectivity index (χ3n) is 6.64. The van der Waals surface area contributed by atoms with E-state index in [0.29, 0.717) is 28.6 Å². The highest BCUT2D eigenvalue weighted by molar-refractivity contribution is 7.92. The average molecular weight is 577 g/mol. The Kier molecular flexibility index (Phi) is 7.36. The van der Waals surface area contributed by atoms with Crippen LogP contribution in [0, 0.1) is 24.4 Å². The lowest BCUT2D eigenvalue weighted by atomic mass is 9.92. The minimum atomic E-state index is -4.51. The molecule has 13 heteroatoms. The number of halogens is 4. The molecule has 5 rings (SSSR count). The zero-order valence-electron chi connectivity index (χ0n) is 20.7. The molecule has 0 unspecified atom stereocenters. The first-order valence-corrected chi connectivity index (χ1v) is 14.0. The molecular weight excluding hydrogens is 553 g/mol. The number of hydrogen-bond acceptors (Lipinski definition) is 7. The lowest BCUT2D eigenvalue weighted by Gasteiger charge is -2.26. The first kappa shape index (κ1) is 27.1. The Morgan fingerprint density at radius 3 is 2.46 bits per heavy atom. The van der Waals surface area contributed by atoms with E-state index in [1.807, 2.05) is 0 Å². The summed E-state index contributed by atoms with van der Waals surface area (Å²) in [5.41, 5.74) is 5.61. The molecule has 0 bridgehead atoms. The van der Waals surface area contributed by atoms with Crippen LogP contribution in [0.2, 0.25) is 5.02 Å². The Balaban J connectivity index is 1.46. The number of nitrogens with two attached hydrogens (primary N) is 1. The third-order valence-corrected chi connectivity index (χ3v) is 8.49. The molecule has 1 saturated carbocycles. The highest BCUT2D eigenvalue weighted by atomic mass is 35.5. The molecule has 204 valence electrons. The maximum atomic E-state index is 15.2. The maximum Gasteiger partial charge on any atom is 0.263 e. The molecule has 0 spiro atoms. The van der Waals surface area contributed by atoms with Crippen LogP contribution in [-0.4, -0.2) is 35.5 Å². The molecule has 8 nitrogen and oxygen atoms in total. The predicted molar refractivity (Wildman–Crippen MR) is 143 cm³/mol. The quantitative estimate of drug-likeness (QED) is 0.257. The van der Waals surface area contributed by atoms with Crippen molar-refractivity contribution < 1.29 is 21.6 Å². The van der Waals surface area contributed by atoms with E-state index >= 15 is 13.2 Å². The van der Waals surface area contributed by atoms with E-state index in [0.717, 1.165) is 31.7 Å². The number of aryl methyl sites for hydroxylation is 1. The fraction of sp³-hybridized carbons (Fsp3) is 0.269. The van der Waals surface area contributed by atoms with Gasteiger partial charge in [-0.15, -0.1) is 0 Å². The lowest BCUT2D eigenvalue weighted by molar-refractivity contribution is 0.410. The number of hydrogen-bond donors (Lipinski definition) is 3. The number of nitrogens with one attached hydrogen (secondary N) is 2. The largest absolute Gasteiger partial charge is 0.351 e. The van der Waals surface area contributed by atoms with Crippen LogP contribution in [-0.2, 0) is 10.0 Å². The van der Waals surface area contributed by atoms with Gasteiger partial charge in [-0.2, -0.15) is 0 Å². The minimum absolute atomic E-state index is 0.0682. The monoisotopic (exact) mass is 576 g/mol. The second-order valence-electron chi connectivity index (χ2n) is 9.45. The number of benzene rings is 2. The number of sulfonamides is 1. The molecule has 2 aromatic heterocycles. The molecule has 0 radical (unpaired) electrons. The second-order valence-corrected chi connectivity index (χ2v) is 11.5. The Labute approximate surface area is 227 Å². The third kappa shape index (κ3) is 5.49. The van der Waals surface area contributed by atoms with Gasteiger partial charge in [0.05, 0.1) is 22.4 Å². The van der Waals surface area contributed by atoms with Crippen molar-refractivity contribution in [1.29, 1.82) is 0 Å². The van der Waals surface area contributed by atoms with Crippen molar-refractivity contribution in [2.75, 3.05) is 10.0 Å². The van der Waals surface area contributed by atoms with Gasteiger partial charge in [0.25, 0.3) is 10.0 Å². The second kappa shape index (κ2) is 10.6. The molecule has 39 heavy (non-hydrogen) atoms. The van der Waals surface area contributed by atoms with Crippen LogP contribution in [0.15, 0.2) is 47.5 Å². The first-order chi connectivity index (χ1) is 18.5. The molecule has 0 saturated heterocycles. The Morgan fingerprint density at radius 1 is 1.03 bits per heavy atom. The molecule has 2 heterocycles. The summed E-state index contributed by atoms with van der Waals surface area (Å²) in [6, 6.07) is 7.87. The van der Waals surface area contributed by atoms with E-state index in [2.05, 4.69) is 20.3 Å². The number of rotatable bonds is 6. The smallest absolute Gasteiger partial charge is 0.263 e. The number of fused-ring (bicyclic) bond motifs is 1.